The summed E-state index contributed by atoms with van der Waals surface area (Å²) in [7, 11) is 0. The third-order valence-corrected chi connectivity index (χ3v) is 7.19. The number of nitrogens with one attached hydrogen (secondary N) is 1. The molecule has 3 aromatic rings. The Kier molecular flexibility index (Phi) is 8.31. The Balaban J connectivity index is 1.45. The zero-order valence-electron chi connectivity index (χ0n) is 22.5. The van der Waals surface area contributed by atoms with Crippen molar-refractivity contribution in [3.63, 3.8) is 0 Å². The lowest BCUT2D eigenvalue weighted by atomic mass is 9.93. The van der Waals surface area contributed by atoms with Gasteiger partial charge in [-0.2, -0.15) is 0 Å². The first-order chi connectivity index (χ1) is 19.4. The highest BCUT2D eigenvalue weighted by molar-refractivity contribution is 8.16. The van der Waals surface area contributed by atoms with Gasteiger partial charge in [-0.25, -0.2) is 9.79 Å². The SMILES string of the molecule is CC1=C(C(=O)OC(C)C)C(c2cccc(Oc3ccccc3)c2)N2C(CC(=O)NCc3ccncc3)=CSC2=N1. The van der Waals surface area contributed by atoms with Gasteiger partial charge in [0, 0.05) is 24.6 Å². The fourth-order valence-corrected chi connectivity index (χ4v) is 5.49. The minimum absolute atomic E-state index is 0.124. The third-order valence-electron chi connectivity index (χ3n) is 6.30. The van der Waals surface area contributed by atoms with E-state index in [0.29, 0.717) is 34.5 Å². The lowest BCUT2D eigenvalue weighted by Crippen LogP contribution is -2.38. The smallest absolute Gasteiger partial charge is 0.338 e. The monoisotopic (exact) mass is 554 g/mol. The average molecular weight is 555 g/mol. The molecule has 0 spiro atoms. The van der Waals surface area contributed by atoms with E-state index in [1.165, 1.54) is 11.8 Å². The minimum Gasteiger partial charge on any atom is -0.459 e. The number of fused-ring (bicyclic) bond motifs is 1. The van der Waals surface area contributed by atoms with Gasteiger partial charge in [-0.3, -0.25) is 9.78 Å². The molecule has 0 bridgehead atoms. The predicted molar refractivity (Wildman–Crippen MR) is 155 cm³/mol. The number of ether oxygens (including phenoxy) is 2. The summed E-state index contributed by atoms with van der Waals surface area (Å²) in [5, 5.41) is 5.60. The number of pyridine rings is 1. The predicted octanol–water partition coefficient (Wildman–Crippen LogP) is 6.11. The van der Waals surface area contributed by atoms with Crippen molar-refractivity contribution < 1.29 is 19.1 Å². The molecule has 5 rings (SSSR count). The van der Waals surface area contributed by atoms with E-state index in [1.807, 2.05) is 97.8 Å². The molecule has 0 saturated carbocycles. The Hall–Kier alpha value is -4.37. The molecule has 1 unspecified atom stereocenters. The molecule has 0 radical (unpaired) electrons. The maximum Gasteiger partial charge on any atom is 0.338 e. The summed E-state index contributed by atoms with van der Waals surface area (Å²) in [5.41, 5.74) is 3.54. The van der Waals surface area contributed by atoms with Crippen LogP contribution in [0.15, 0.2) is 106 Å². The zero-order valence-corrected chi connectivity index (χ0v) is 23.4. The van der Waals surface area contributed by atoms with Gasteiger partial charge in [-0.05, 0) is 73.7 Å². The number of carbonyl (C=O) groups is 2. The summed E-state index contributed by atoms with van der Waals surface area (Å²) < 4.78 is 11.8. The summed E-state index contributed by atoms with van der Waals surface area (Å²) in [6, 6.07) is 20.3. The number of amidine groups is 1. The first-order valence-corrected chi connectivity index (χ1v) is 13.9. The summed E-state index contributed by atoms with van der Waals surface area (Å²) >= 11 is 1.44. The first-order valence-electron chi connectivity index (χ1n) is 13.0. The first kappa shape index (κ1) is 27.2. The Morgan fingerprint density at radius 2 is 1.77 bits per heavy atom. The molecule has 1 aromatic heterocycles. The van der Waals surface area contributed by atoms with Crippen LogP contribution in [0.1, 0.15) is 44.4 Å². The van der Waals surface area contributed by atoms with Crippen LogP contribution in [0.3, 0.4) is 0 Å². The maximum atomic E-state index is 13.4. The number of allylic oxidation sites excluding steroid dienone is 1. The van der Waals surface area contributed by atoms with E-state index in [-0.39, 0.29) is 18.4 Å². The Bertz CT molecular complexity index is 1490. The highest BCUT2D eigenvalue weighted by Gasteiger charge is 2.41. The number of esters is 1. The number of hydrogen-bond acceptors (Lipinski definition) is 8. The fraction of sp³-hybridized carbons (Fsp3) is 0.226. The van der Waals surface area contributed by atoms with E-state index >= 15 is 0 Å². The van der Waals surface area contributed by atoms with Gasteiger partial charge in [0.15, 0.2) is 5.17 Å². The van der Waals surface area contributed by atoms with Crippen LogP contribution >= 0.6 is 11.8 Å². The van der Waals surface area contributed by atoms with E-state index in [1.54, 1.807) is 12.4 Å². The van der Waals surface area contributed by atoms with Crippen LogP contribution in [0, 0.1) is 0 Å². The van der Waals surface area contributed by atoms with Crippen LogP contribution in [0.2, 0.25) is 0 Å². The molecule has 3 heterocycles. The molecule has 0 saturated heterocycles. The quantitative estimate of drug-likeness (QED) is 0.319. The number of amides is 1. The van der Waals surface area contributed by atoms with Gasteiger partial charge in [0.2, 0.25) is 5.91 Å². The van der Waals surface area contributed by atoms with Gasteiger partial charge in [0.05, 0.1) is 29.8 Å². The lowest BCUT2D eigenvalue weighted by molar-refractivity contribution is -0.143. The van der Waals surface area contributed by atoms with Crippen LogP contribution in [0.4, 0.5) is 0 Å². The molecule has 204 valence electrons. The van der Waals surface area contributed by atoms with E-state index in [0.717, 1.165) is 16.8 Å². The number of hydrogen-bond donors (Lipinski definition) is 1. The number of rotatable bonds is 9. The van der Waals surface area contributed by atoms with E-state index in [9.17, 15) is 9.59 Å². The van der Waals surface area contributed by atoms with E-state index in [2.05, 4.69) is 10.3 Å². The zero-order chi connectivity index (χ0) is 28.1. The highest BCUT2D eigenvalue weighted by Crippen LogP contribution is 2.45. The molecule has 0 aliphatic carbocycles. The summed E-state index contributed by atoms with van der Waals surface area (Å²) in [4.78, 5) is 37.2. The van der Waals surface area contributed by atoms with Crippen molar-refractivity contribution in [1.29, 1.82) is 0 Å². The van der Waals surface area contributed by atoms with Gasteiger partial charge in [0.1, 0.15) is 11.5 Å². The molecule has 1 amide bonds. The van der Waals surface area contributed by atoms with Crippen molar-refractivity contribution in [2.24, 2.45) is 4.99 Å². The Morgan fingerprint density at radius 1 is 1.02 bits per heavy atom. The number of carbonyl (C=O) groups excluding carboxylic acids is 2. The lowest BCUT2D eigenvalue weighted by Gasteiger charge is -2.36. The van der Waals surface area contributed by atoms with Crippen LogP contribution in [0.25, 0.3) is 0 Å². The molecule has 1 N–H and O–H groups in total. The summed E-state index contributed by atoms with van der Waals surface area (Å²) in [6.45, 7) is 5.85. The summed E-state index contributed by atoms with van der Waals surface area (Å²) in [6.07, 6.45) is 3.22. The summed E-state index contributed by atoms with van der Waals surface area (Å²) in [5.74, 6) is 0.768. The topological polar surface area (TPSA) is 93.1 Å². The Morgan fingerprint density at radius 3 is 2.52 bits per heavy atom. The largest absolute Gasteiger partial charge is 0.459 e. The van der Waals surface area contributed by atoms with Crippen molar-refractivity contribution in [3.05, 3.63) is 113 Å². The van der Waals surface area contributed by atoms with Crippen molar-refractivity contribution in [1.82, 2.24) is 15.2 Å². The number of aliphatic imine (C=N–C) groups is 1. The van der Waals surface area contributed by atoms with Crippen LogP contribution in [0.5, 0.6) is 11.5 Å². The molecule has 2 aromatic carbocycles. The molecule has 2 aliphatic rings. The van der Waals surface area contributed by atoms with Crippen molar-refractivity contribution in [2.75, 3.05) is 0 Å². The number of benzene rings is 2. The normalized spacial score (nSPS) is 16.3. The van der Waals surface area contributed by atoms with Crippen LogP contribution in [-0.2, 0) is 20.9 Å². The second-order valence-electron chi connectivity index (χ2n) is 9.64. The fourth-order valence-electron chi connectivity index (χ4n) is 4.52. The second kappa shape index (κ2) is 12.2. The molecule has 2 aliphatic heterocycles. The van der Waals surface area contributed by atoms with Crippen LogP contribution in [-0.4, -0.2) is 33.0 Å². The van der Waals surface area contributed by atoms with E-state index in [4.69, 9.17) is 14.5 Å². The van der Waals surface area contributed by atoms with Crippen molar-refractivity contribution in [3.8, 4) is 11.5 Å². The average Bonchev–Trinajstić information content (AvgIpc) is 3.33. The van der Waals surface area contributed by atoms with Gasteiger partial charge < -0.3 is 19.7 Å². The number of thioether (sulfide) groups is 1. The van der Waals surface area contributed by atoms with E-state index < -0.39 is 12.0 Å². The molecular weight excluding hydrogens is 524 g/mol. The van der Waals surface area contributed by atoms with Gasteiger partial charge in [-0.15, -0.1) is 0 Å². The molecule has 9 heteroatoms. The number of para-hydroxylation sites is 1. The molecular formula is C31H30N4O4S. The molecule has 8 nitrogen and oxygen atoms in total. The molecule has 0 fully saturated rings. The molecule has 40 heavy (non-hydrogen) atoms. The standard InChI is InChI=1S/C31H30N4O4S/c1-20(2)38-30(37)28-21(3)34-31-35(24(19-40-31)17-27(36)33-18-22-12-14-32-15-13-22)29(28)23-8-7-11-26(16-23)39-25-9-5-4-6-10-25/h4-16,19-20,29H,17-18H2,1-3H3,(H,33,36). The molecule has 1 atom stereocenters. The maximum absolute atomic E-state index is 13.4. The second-order valence-corrected chi connectivity index (χ2v) is 10.5. The van der Waals surface area contributed by atoms with Gasteiger partial charge in [0.25, 0.3) is 0 Å². The minimum atomic E-state index is -0.549. The van der Waals surface area contributed by atoms with Gasteiger partial charge >= 0.3 is 5.97 Å². The number of aromatic nitrogens is 1. The van der Waals surface area contributed by atoms with Crippen molar-refractivity contribution >= 4 is 28.8 Å². The number of nitrogens with zero attached hydrogens (tertiary/aromatic N) is 3. The highest BCUT2D eigenvalue weighted by atomic mass is 32.2. The van der Waals surface area contributed by atoms with Gasteiger partial charge in [-0.1, -0.05) is 42.1 Å². The van der Waals surface area contributed by atoms with Crippen LogP contribution < -0.4 is 10.1 Å². The Labute approximate surface area is 237 Å². The van der Waals surface area contributed by atoms with Crippen molar-refractivity contribution in [2.45, 2.75) is 45.9 Å². The third kappa shape index (κ3) is 6.26.